The Kier molecular flexibility index (Phi) is 2.88. The third-order valence-electron chi connectivity index (χ3n) is 2.13. The minimum atomic E-state index is 0.189. The van der Waals surface area contributed by atoms with E-state index in [2.05, 4.69) is 27.2 Å². The molecule has 4 heteroatoms. The Bertz CT molecular complexity index is 401. The van der Waals surface area contributed by atoms with Crippen LogP contribution in [0.25, 0.3) is 0 Å². The van der Waals surface area contributed by atoms with Gasteiger partial charge >= 0.3 is 0 Å². The first-order valence-corrected chi connectivity index (χ1v) is 4.79. The van der Waals surface area contributed by atoms with Gasteiger partial charge in [0.1, 0.15) is 12.1 Å². The summed E-state index contributed by atoms with van der Waals surface area (Å²) < 4.78 is 0. The van der Waals surface area contributed by atoms with Crippen molar-refractivity contribution >= 4 is 5.82 Å². The maximum absolute atomic E-state index is 4.10. The second kappa shape index (κ2) is 4.50. The summed E-state index contributed by atoms with van der Waals surface area (Å²) in [6, 6.07) is 5.99. The Hall–Kier alpha value is -1.97. The van der Waals surface area contributed by atoms with Crippen molar-refractivity contribution in [2.45, 2.75) is 13.0 Å². The van der Waals surface area contributed by atoms with Crippen LogP contribution in [0.1, 0.15) is 18.5 Å². The third kappa shape index (κ3) is 2.49. The van der Waals surface area contributed by atoms with Gasteiger partial charge in [0.25, 0.3) is 0 Å². The summed E-state index contributed by atoms with van der Waals surface area (Å²) in [6.45, 7) is 2.07. The van der Waals surface area contributed by atoms with Crippen LogP contribution in [0.15, 0.2) is 43.1 Å². The number of nitrogens with one attached hydrogen (secondary N) is 1. The maximum atomic E-state index is 4.10. The second-order valence-corrected chi connectivity index (χ2v) is 3.25. The topological polar surface area (TPSA) is 50.7 Å². The molecule has 1 unspecified atom stereocenters. The van der Waals surface area contributed by atoms with Crippen LogP contribution in [0.4, 0.5) is 5.82 Å². The lowest BCUT2D eigenvalue weighted by atomic mass is 10.1. The van der Waals surface area contributed by atoms with E-state index in [-0.39, 0.29) is 6.04 Å². The SMILES string of the molecule is CC(Nc1ccncn1)c1cccnc1. The fourth-order valence-corrected chi connectivity index (χ4v) is 1.31. The van der Waals surface area contributed by atoms with E-state index in [1.807, 2.05) is 24.4 Å². The first kappa shape index (κ1) is 9.58. The minimum absolute atomic E-state index is 0.189. The van der Waals surface area contributed by atoms with E-state index in [9.17, 15) is 0 Å². The highest BCUT2D eigenvalue weighted by Gasteiger charge is 2.04. The molecular formula is C11H12N4. The lowest BCUT2D eigenvalue weighted by Crippen LogP contribution is -2.07. The lowest BCUT2D eigenvalue weighted by Gasteiger charge is -2.13. The zero-order valence-electron chi connectivity index (χ0n) is 8.46. The highest BCUT2D eigenvalue weighted by Crippen LogP contribution is 2.15. The molecule has 0 spiro atoms. The van der Waals surface area contributed by atoms with E-state index in [1.54, 1.807) is 12.4 Å². The Morgan fingerprint density at radius 1 is 1.20 bits per heavy atom. The van der Waals surface area contributed by atoms with Crippen LogP contribution in [0.3, 0.4) is 0 Å². The number of aromatic nitrogens is 3. The molecule has 4 nitrogen and oxygen atoms in total. The molecule has 1 atom stereocenters. The van der Waals surface area contributed by atoms with Gasteiger partial charge in [0, 0.05) is 18.6 Å². The molecular weight excluding hydrogens is 188 g/mol. The van der Waals surface area contributed by atoms with Crippen molar-refractivity contribution in [1.29, 1.82) is 0 Å². The van der Waals surface area contributed by atoms with Crippen LogP contribution in [0.2, 0.25) is 0 Å². The molecule has 1 N–H and O–H groups in total. The van der Waals surface area contributed by atoms with E-state index in [0.717, 1.165) is 11.4 Å². The van der Waals surface area contributed by atoms with Gasteiger partial charge in [0.15, 0.2) is 0 Å². The van der Waals surface area contributed by atoms with Gasteiger partial charge < -0.3 is 5.32 Å². The molecule has 0 aliphatic heterocycles. The van der Waals surface area contributed by atoms with Crippen LogP contribution in [-0.4, -0.2) is 15.0 Å². The number of anilines is 1. The highest BCUT2D eigenvalue weighted by molar-refractivity contribution is 5.35. The Labute approximate surface area is 88.4 Å². The molecule has 2 aromatic rings. The molecule has 76 valence electrons. The first-order chi connectivity index (χ1) is 7.36. The predicted octanol–water partition coefficient (Wildman–Crippen LogP) is 2.04. The molecule has 0 saturated heterocycles. The van der Waals surface area contributed by atoms with Crippen molar-refractivity contribution < 1.29 is 0 Å². The van der Waals surface area contributed by atoms with E-state index in [0.29, 0.717) is 0 Å². The largest absolute Gasteiger partial charge is 0.363 e. The lowest BCUT2D eigenvalue weighted by molar-refractivity contribution is 0.864. The van der Waals surface area contributed by atoms with Crippen LogP contribution < -0.4 is 5.32 Å². The van der Waals surface area contributed by atoms with Gasteiger partial charge in [-0.05, 0) is 24.6 Å². The van der Waals surface area contributed by atoms with E-state index >= 15 is 0 Å². The molecule has 0 aromatic carbocycles. The average molecular weight is 200 g/mol. The fourth-order valence-electron chi connectivity index (χ4n) is 1.31. The zero-order chi connectivity index (χ0) is 10.5. The fraction of sp³-hybridized carbons (Fsp3) is 0.182. The molecule has 0 saturated carbocycles. The van der Waals surface area contributed by atoms with Crippen molar-refractivity contribution in [3.05, 3.63) is 48.7 Å². The Morgan fingerprint density at radius 2 is 2.13 bits per heavy atom. The summed E-state index contributed by atoms with van der Waals surface area (Å²) in [6.07, 6.45) is 6.85. The Balaban J connectivity index is 2.08. The second-order valence-electron chi connectivity index (χ2n) is 3.25. The monoisotopic (exact) mass is 200 g/mol. The molecule has 0 bridgehead atoms. The molecule has 2 rings (SSSR count). The standard InChI is InChI=1S/C11H12N4/c1-9(10-3-2-5-12-7-10)15-11-4-6-13-8-14-11/h2-9H,1H3,(H,13,14,15). The zero-order valence-corrected chi connectivity index (χ0v) is 8.46. The van der Waals surface area contributed by atoms with Gasteiger partial charge in [0.2, 0.25) is 0 Å². The van der Waals surface area contributed by atoms with E-state index < -0.39 is 0 Å². The molecule has 15 heavy (non-hydrogen) atoms. The summed E-state index contributed by atoms with van der Waals surface area (Å²) in [4.78, 5) is 12.0. The number of hydrogen-bond acceptors (Lipinski definition) is 4. The summed E-state index contributed by atoms with van der Waals surface area (Å²) in [5.41, 5.74) is 1.14. The van der Waals surface area contributed by atoms with Crippen LogP contribution in [0, 0.1) is 0 Å². The smallest absolute Gasteiger partial charge is 0.129 e. The van der Waals surface area contributed by atoms with Gasteiger partial charge in [0.05, 0.1) is 6.04 Å². The third-order valence-corrected chi connectivity index (χ3v) is 2.13. The van der Waals surface area contributed by atoms with Crippen molar-refractivity contribution in [1.82, 2.24) is 15.0 Å². The van der Waals surface area contributed by atoms with Crippen molar-refractivity contribution in [3.63, 3.8) is 0 Å². The number of pyridine rings is 1. The molecule has 2 aromatic heterocycles. The summed E-state index contributed by atoms with van der Waals surface area (Å²) in [5.74, 6) is 0.821. The van der Waals surface area contributed by atoms with E-state index in [4.69, 9.17) is 0 Å². The van der Waals surface area contributed by atoms with Crippen molar-refractivity contribution in [2.75, 3.05) is 5.32 Å². The van der Waals surface area contributed by atoms with Crippen molar-refractivity contribution in [3.8, 4) is 0 Å². The first-order valence-electron chi connectivity index (χ1n) is 4.79. The van der Waals surface area contributed by atoms with Crippen LogP contribution >= 0.6 is 0 Å². The summed E-state index contributed by atoms with van der Waals surface area (Å²) in [7, 11) is 0. The molecule has 0 aliphatic rings. The molecule has 0 fully saturated rings. The highest BCUT2D eigenvalue weighted by atomic mass is 15.0. The number of rotatable bonds is 3. The van der Waals surface area contributed by atoms with Gasteiger partial charge in [-0.2, -0.15) is 0 Å². The summed E-state index contributed by atoms with van der Waals surface area (Å²) >= 11 is 0. The maximum Gasteiger partial charge on any atom is 0.129 e. The van der Waals surface area contributed by atoms with Crippen molar-refractivity contribution in [2.24, 2.45) is 0 Å². The van der Waals surface area contributed by atoms with E-state index in [1.165, 1.54) is 6.33 Å². The van der Waals surface area contributed by atoms with Gasteiger partial charge in [-0.25, -0.2) is 9.97 Å². The van der Waals surface area contributed by atoms with Crippen LogP contribution in [0.5, 0.6) is 0 Å². The molecule has 0 radical (unpaired) electrons. The normalized spacial score (nSPS) is 12.1. The number of hydrogen-bond donors (Lipinski definition) is 1. The quantitative estimate of drug-likeness (QED) is 0.823. The van der Waals surface area contributed by atoms with Crippen LogP contribution in [-0.2, 0) is 0 Å². The van der Waals surface area contributed by atoms with Gasteiger partial charge in [-0.1, -0.05) is 6.07 Å². The van der Waals surface area contributed by atoms with Gasteiger partial charge in [-0.3, -0.25) is 4.98 Å². The predicted molar refractivity (Wildman–Crippen MR) is 58.3 cm³/mol. The molecule has 0 amide bonds. The number of nitrogens with zero attached hydrogens (tertiary/aromatic N) is 3. The average Bonchev–Trinajstić information content (AvgIpc) is 2.31. The Morgan fingerprint density at radius 3 is 2.80 bits per heavy atom. The minimum Gasteiger partial charge on any atom is -0.363 e. The molecule has 0 aliphatic carbocycles. The van der Waals surface area contributed by atoms with Gasteiger partial charge in [-0.15, -0.1) is 0 Å². The molecule has 2 heterocycles. The summed E-state index contributed by atoms with van der Waals surface area (Å²) in [5, 5.41) is 3.27.